The van der Waals surface area contributed by atoms with E-state index in [1.807, 2.05) is 19.9 Å². The minimum Gasteiger partial charge on any atom is -0.119 e. The fourth-order valence-electron chi connectivity index (χ4n) is 2.00. The molecule has 4 heteroatoms. The van der Waals surface area contributed by atoms with Crippen molar-refractivity contribution in [2.45, 2.75) is 41.3 Å². The maximum Gasteiger partial charge on any atom is 0.0560 e. The van der Waals surface area contributed by atoms with E-state index in [1.54, 1.807) is 5.54 Å². The summed E-state index contributed by atoms with van der Waals surface area (Å²) in [4.78, 5) is -0.291. The van der Waals surface area contributed by atoms with Crippen LogP contribution in [0, 0.1) is 5.92 Å². The quantitative estimate of drug-likeness (QED) is 0.602. The predicted octanol–water partition coefficient (Wildman–Crippen LogP) is 4.91. The third-order valence-electron chi connectivity index (χ3n) is 2.88. The van der Waals surface area contributed by atoms with Crippen LogP contribution < -0.4 is 0 Å². The minimum atomic E-state index is -0.299. The first-order valence-electron chi connectivity index (χ1n) is 4.58. The molecule has 1 rings (SSSR count). The average Bonchev–Trinajstić information content (AvgIpc) is 1.99. The maximum atomic E-state index is 6.45. The number of hydrogen-bond donors (Lipinski definition) is 0. The molecule has 14 heavy (non-hydrogen) atoms. The van der Waals surface area contributed by atoms with Crippen LogP contribution in [0.5, 0.6) is 0 Å². The van der Waals surface area contributed by atoms with Gasteiger partial charge in [0.15, 0.2) is 0 Å². The zero-order chi connectivity index (χ0) is 11.0. The Kier molecular flexibility index (Phi) is 4.26. The molecule has 0 aromatic carbocycles. The van der Waals surface area contributed by atoms with Crippen molar-refractivity contribution in [3.05, 3.63) is 11.6 Å². The molecule has 0 aliphatic heterocycles. The summed E-state index contributed by atoms with van der Waals surface area (Å²) < 4.78 is 0. The van der Waals surface area contributed by atoms with Crippen LogP contribution in [0.4, 0.5) is 0 Å². The van der Waals surface area contributed by atoms with Crippen molar-refractivity contribution in [3.63, 3.8) is 0 Å². The first-order valence-corrected chi connectivity index (χ1v) is 6.69. The minimum absolute atomic E-state index is 0.271. The Morgan fingerprint density at radius 3 is 2.36 bits per heavy atom. The van der Waals surface area contributed by atoms with Gasteiger partial charge in [0.1, 0.15) is 0 Å². The van der Waals surface area contributed by atoms with E-state index in [9.17, 15) is 0 Å². The molecule has 0 bridgehead atoms. The first-order chi connectivity index (χ1) is 6.29. The van der Waals surface area contributed by atoms with Crippen molar-refractivity contribution in [2.24, 2.45) is 5.92 Å². The van der Waals surface area contributed by atoms with E-state index in [1.165, 1.54) is 0 Å². The van der Waals surface area contributed by atoms with Crippen molar-refractivity contribution in [3.8, 4) is 0 Å². The molecule has 1 aliphatic carbocycles. The second-order valence-electron chi connectivity index (χ2n) is 4.36. The SMILES string of the molecule is CC1(Cl)CC(C)(Cl)C(C=CCl)CC1Br. The highest BCUT2D eigenvalue weighted by Crippen LogP contribution is 2.49. The Balaban J connectivity index is 2.85. The fraction of sp³-hybridized carbons (Fsp3) is 0.800. The van der Waals surface area contributed by atoms with Gasteiger partial charge in [-0.05, 0) is 32.6 Å². The highest BCUT2D eigenvalue weighted by atomic mass is 79.9. The Labute approximate surface area is 109 Å². The van der Waals surface area contributed by atoms with Crippen molar-refractivity contribution in [2.75, 3.05) is 0 Å². The summed E-state index contributed by atoms with van der Waals surface area (Å²) >= 11 is 22.0. The Bertz CT molecular complexity index is 236. The second-order valence-corrected chi connectivity index (χ2v) is 7.45. The fourth-order valence-corrected chi connectivity index (χ4v) is 3.61. The van der Waals surface area contributed by atoms with Crippen molar-refractivity contribution in [1.82, 2.24) is 0 Å². The van der Waals surface area contributed by atoms with E-state index >= 15 is 0 Å². The molecule has 0 heterocycles. The highest BCUT2D eigenvalue weighted by Gasteiger charge is 2.47. The van der Waals surface area contributed by atoms with Gasteiger partial charge in [0, 0.05) is 15.2 Å². The van der Waals surface area contributed by atoms with Crippen molar-refractivity contribution in [1.29, 1.82) is 0 Å². The van der Waals surface area contributed by atoms with Crippen molar-refractivity contribution >= 4 is 50.7 Å². The molecule has 4 atom stereocenters. The molecule has 82 valence electrons. The maximum absolute atomic E-state index is 6.45. The second kappa shape index (κ2) is 4.53. The van der Waals surface area contributed by atoms with Gasteiger partial charge in [-0.2, -0.15) is 0 Å². The lowest BCUT2D eigenvalue weighted by atomic mass is 9.74. The third kappa shape index (κ3) is 2.81. The normalized spacial score (nSPS) is 49.9. The van der Waals surface area contributed by atoms with Crippen LogP contribution in [0.25, 0.3) is 0 Å². The topological polar surface area (TPSA) is 0 Å². The summed E-state index contributed by atoms with van der Waals surface area (Å²) in [7, 11) is 0. The van der Waals surface area contributed by atoms with Gasteiger partial charge in [-0.15, -0.1) is 23.2 Å². The van der Waals surface area contributed by atoms with E-state index in [2.05, 4.69) is 15.9 Å². The van der Waals surface area contributed by atoms with Gasteiger partial charge in [-0.25, -0.2) is 0 Å². The van der Waals surface area contributed by atoms with Crippen LogP contribution >= 0.6 is 50.7 Å². The van der Waals surface area contributed by atoms with E-state index in [0.29, 0.717) is 0 Å². The zero-order valence-corrected chi connectivity index (χ0v) is 12.1. The monoisotopic (exact) mass is 318 g/mol. The molecule has 0 amide bonds. The first kappa shape index (κ1) is 13.2. The Morgan fingerprint density at radius 2 is 1.86 bits per heavy atom. The largest absolute Gasteiger partial charge is 0.119 e. The average molecular weight is 320 g/mol. The molecule has 4 unspecified atom stereocenters. The molecule has 0 spiro atoms. The molecule has 1 aliphatic rings. The molecule has 0 nitrogen and oxygen atoms in total. The van der Waals surface area contributed by atoms with Gasteiger partial charge < -0.3 is 0 Å². The van der Waals surface area contributed by atoms with Gasteiger partial charge in [-0.3, -0.25) is 0 Å². The highest BCUT2D eigenvalue weighted by molar-refractivity contribution is 9.09. The number of alkyl halides is 3. The number of halogens is 4. The van der Waals surface area contributed by atoms with E-state index in [0.717, 1.165) is 12.8 Å². The van der Waals surface area contributed by atoms with E-state index in [-0.39, 0.29) is 20.5 Å². The van der Waals surface area contributed by atoms with Gasteiger partial charge in [0.2, 0.25) is 0 Å². The summed E-state index contributed by atoms with van der Waals surface area (Å²) in [6.45, 7) is 4.05. The van der Waals surface area contributed by atoms with Gasteiger partial charge >= 0.3 is 0 Å². The van der Waals surface area contributed by atoms with Crippen LogP contribution in [0.3, 0.4) is 0 Å². The summed E-state index contributed by atoms with van der Waals surface area (Å²) in [5.41, 5.74) is 1.54. The molecule has 0 N–H and O–H groups in total. The molecule has 0 aromatic heterocycles. The van der Waals surface area contributed by atoms with Crippen LogP contribution in [-0.2, 0) is 0 Å². The lowest BCUT2D eigenvalue weighted by Gasteiger charge is -2.45. The van der Waals surface area contributed by atoms with E-state index in [4.69, 9.17) is 34.8 Å². The zero-order valence-electron chi connectivity index (χ0n) is 8.24. The number of allylic oxidation sites excluding steroid dienone is 1. The van der Waals surface area contributed by atoms with Crippen LogP contribution in [-0.4, -0.2) is 14.6 Å². The van der Waals surface area contributed by atoms with Crippen molar-refractivity contribution < 1.29 is 0 Å². The summed E-state index contributed by atoms with van der Waals surface area (Å²) in [5.74, 6) is 0.276. The summed E-state index contributed by atoms with van der Waals surface area (Å²) in [6, 6.07) is 0. The summed E-state index contributed by atoms with van der Waals surface area (Å²) in [5, 5.41) is 0. The van der Waals surface area contributed by atoms with E-state index < -0.39 is 0 Å². The van der Waals surface area contributed by atoms with Crippen LogP contribution in [0.1, 0.15) is 26.7 Å². The molecule has 1 saturated carbocycles. The molecular formula is C10H14BrCl3. The molecule has 0 radical (unpaired) electrons. The third-order valence-corrected chi connectivity index (χ3v) is 5.49. The van der Waals surface area contributed by atoms with Gasteiger partial charge in [0.25, 0.3) is 0 Å². The Hall–Kier alpha value is 1.09. The molecule has 0 aromatic rings. The summed E-state index contributed by atoms with van der Waals surface area (Å²) in [6.07, 6.45) is 3.64. The molecular weight excluding hydrogens is 306 g/mol. The standard InChI is InChI=1S/C10H14BrCl3/c1-9(13)6-10(2,14)8(11)5-7(9)3-4-12/h3-4,7-8H,5-6H2,1-2H3. The smallest absolute Gasteiger partial charge is 0.0560 e. The number of rotatable bonds is 1. The number of hydrogen-bond acceptors (Lipinski definition) is 0. The molecule has 0 saturated heterocycles. The van der Waals surface area contributed by atoms with Gasteiger partial charge in [0.05, 0.1) is 4.87 Å². The lowest BCUT2D eigenvalue weighted by molar-refractivity contribution is 0.297. The van der Waals surface area contributed by atoms with Crippen LogP contribution in [0.15, 0.2) is 11.6 Å². The Morgan fingerprint density at radius 1 is 1.29 bits per heavy atom. The van der Waals surface area contributed by atoms with Crippen LogP contribution in [0.2, 0.25) is 0 Å². The predicted molar refractivity (Wildman–Crippen MR) is 68.9 cm³/mol. The molecule has 1 fully saturated rings. The lowest BCUT2D eigenvalue weighted by Crippen LogP contribution is -2.47. The van der Waals surface area contributed by atoms with Gasteiger partial charge in [-0.1, -0.05) is 33.6 Å².